The maximum Gasteiger partial charge on any atom is 0.342 e. The van der Waals surface area contributed by atoms with Gasteiger partial charge in [-0.15, -0.1) is 5.10 Å². The Balaban J connectivity index is 2.38. The van der Waals surface area contributed by atoms with Crippen molar-refractivity contribution in [2.75, 3.05) is 25.6 Å². The van der Waals surface area contributed by atoms with Crippen LogP contribution < -0.4 is 16.6 Å². The summed E-state index contributed by atoms with van der Waals surface area (Å²) in [6.45, 7) is 1.31. The van der Waals surface area contributed by atoms with Crippen LogP contribution in [-0.2, 0) is 4.74 Å². The molecule has 0 bridgehead atoms. The minimum absolute atomic E-state index is 0.131. The van der Waals surface area contributed by atoms with Crippen LogP contribution in [0.2, 0.25) is 0 Å². The molecule has 15 heavy (non-hydrogen) atoms. The van der Waals surface area contributed by atoms with E-state index in [1.165, 1.54) is 0 Å². The Bertz CT molecular complexity index is 397. The Labute approximate surface area is 85.9 Å². The van der Waals surface area contributed by atoms with E-state index in [9.17, 15) is 9.59 Å². The summed E-state index contributed by atoms with van der Waals surface area (Å²) in [4.78, 5) is 23.8. The lowest BCUT2D eigenvalue weighted by molar-refractivity contribution is 0.194. The third-order valence-corrected chi connectivity index (χ3v) is 1.78. The fourth-order valence-corrected chi connectivity index (χ4v) is 1.05. The maximum atomic E-state index is 11.1. The molecule has 1 rings (SSSR count). The molecule has 1 aromatic heterocycles. The van der Waals surface area contributed by atoms with Crippen LogP contribution in [0.5, 0.6) is 0 Å². The van der Waals surface area contributed by atoms with Crippen LogP contribution in [0.4, 0.5) is 5.82 Å². The second kappa shape index (κ2) is 5.97. The Hall–Kier alpha value is -1.63. The van der Waals surface area contributed by atoms with E-state index >= 15 is 0 Å². The molecule has 0 aliphatic rings. The number of hydrogen-bond donors (Lipinski definition) is 3. The summed E-state index contributed by atoms with van der Waals surface area (Å²) in [5, 5.41) is 8.53. The molecule has 0 aromatic carbocycles. The molecule has 3 N–H and O–H groups in total. The Morgan fingerprint density at radius 1 is 1.40 bits per heavy atom. The molecule has 0 aliphatic heterocycles. The van der Waals surface area contributed by atoms with Gasteiger partial charge in [0.15, 0.2) is 0 Å². The monoisotopic (exact) mass is 214 g/mol. The van der Waals surface area contributed by atoms with Crippen molar-refractivity contribution < 1.29 is 4.74 Å². The zero-order valence-corrected chi connectivity index (χ0v) is 8.50. The highest BCUT2D eigenvalue weighted by Gasteiger charge is 1.99. The molecule has 0 amide bonds. The van der Waals surface area contributed by atoms with E-state index in [0.717, 1.165) is 12.8 Å². The van der Waals surface area contributed by atoms with Gasteiger partial charge in [-0.1, -0.05) is 0 Å². The normalized spacial score (nSPS) is 10.2. The largest absolute Gasteiger partial charge is 0.385 e. The third kappa shape index (κ3) is 3.94. The summed E-state index contributed by atoms with van der Waals surface area (Å²) in [6, 6.07) is 0. The van der Waals surface area contributed by atoms with E-state index in [-0.39, 0.29) is 5.82 Å². The highest BCUT2D eigenvalue weighted by atomic mass is 16.5. The van der Waals surface area contributed by atoms with Gasteiger partial charge in [0, 0.05) is 20.3 Å². The number of unbranched alkanes of at least 4 members (excludes halogenated alkanes) is 1. The van der Waals surface area contributed by atoms with E-state index in [4.69, 9.17) is 4.74 Å². The van der Waals surface area contributed by atoms with Crippen LogP contribution in [0, 0.1) is 0 Å². The van der Waals surface area contributed by atoms with Crippen LogP contribution in [0.3, 0.4) is 0 Å². The molecule has 0 fully saturated rings. The number of aromatic nitrogens is 3. The van der Waals surface area contributed by atoms with Crippen molar-refractivity contribution in [1.29, 1.82) is 0 Å². The quantitative estimate of drug-likeness (QED) is 0.543. The van der Waals surface area contributed by atoms with Gasteiger partial charge in [-0.05, 0) is 12.8 Å². The maximum absolute atomic E-state index is 11.1. The van der Waals surface area contributed by atoms with E-state index in [1.807, 2.05) is 0 Å². The van der Waals surface area contributed by atoms with Gasteiger partial charge in [0.05, 0.1) is 0 Å². The van der Waals surface area contributed by atoms with Gasteiger partial charge >= 0.3 is 5.69 Å². The van der Waals surface area contributed by atoms with Crippen LogP contribution >= 0.6 is 0 Å². The van der Waals surface area contributed by atoms with E-state index in [0.29, 0.717) is 13.2 Å². The minimum Gasteiger partial charge on any atom is -0.385 e. The van der Waals surface area contributed by atoms with Gasteiger partial charge in [0.25, 0.3) is 5.56 Å². The average molecular weight is 214 g/mol. The molecule has 7 nitrogen and oxygen atoms in total. The van der Waals surface area contributed by atoms with Crippen LogP contribution in [0.25, 0.3) is 0 Å². The molecule has 0 spiro atoms. The summed E-state index contributed by atoms with van der Waals surface area (Å²) in [5.41, 5.74) is -1.12. The first-order valence-electron chi connectivity index (χ1n) is 4.66. The Morgan fingerprint density at radius 2 is 2.20 bits per heavy atom. The lowest BCUT2D eigenvalue weighted by Gasteiger charge is -2.02. The summed E-state index contributed by atoms with van der Waals surface area (Å²) < 4.78 is 4.87. The fraction of sp³-hybridized carbons (Fsp3) is 0.625. The second-order valence-electron chi connectivity index (χ2n) is 2.98. The Morgan fingerprint density at radius 3 is 2.87 bits per heavy atom. The Kier molecular flexibility index (Phi) is 4.55. The first kappa shape index (κ1) is 11.4. The van der Waals surface area contributed by atoms with E-state index in [2.05, 4.69) is 20.5 Å². The predicted molar refractivity (Wildman–Crippen MR) is 55.1 cm³/mol. The molecule has 0 radical (unpaired) electrons. The van der Waals surface area contributed by atoms with Crippen molar-refractivity contribution in [3.05, 3.63) is 20.8 Å². The SMILES string of the molecule is COCCCCNc1n[nH]c(=O)[nH]c1=O. The zero-order chi connectivity index (χ0) is 11.1. The number of nitrogens with zero attached hydrogens (tertiary/aromatic N) is 1. The number of anilines is 1. The molecule has 0 atom stereocenters. The molecule has 84 valence electrons. The minimum atomic E-state index is -0.607. The van der Waals surface area contributed by atoms with Crippen LogP contribution in [0.15, 0.2) is 9.59 Å². The van der Waals surface area contributed by atoms with E-state index in [1.54, 1.807) is 7.11 Å². The van der Waals surface area contributed by atoms with Crippen molar-refractivity contribution >= 4 is 5.82 Å². The number of rotatable bonds is 6. The van der Waals surface area contributed by atoms with Gasteiger partial charge in [-0.2, -0.15) is 0 Å². The van der Waals surface area contributed by atoms with E-state index < -0.39 is 11.2 Å². The first-order valence-corrected chi connectivity index (χ1v) is 4.66. The number of H-pyrrole nitrogens is 2. The fourth-order valence-electron chi connectivity index (χ4n) is 1.05. The van der Waals surface area contributed by atoms with Crippen LogP contribution in [-0.4, -0.2) is 35.4 Å². The molecule has 0 aliphatic carbocycles. The second-order valence-corrected chi connectivity index (χ2v) is 2.98. The molecule has 1 heterocycles. The number of nitrogens with one attached hydrogen (secondary N) is 3. The number of ether oxygens (including phenoxy) is 1. The molecular formula is C8H14N4O3. The summed E-state index contributed by atoms with van der Waals surface area (Å²) in [5.74, 6) is 0.131. The van der Waals surface area contributed by atoms with Crippen molar-refractivity contribution in [3.8, 4) is 0 Å². The molecule has 7 heteroatoms. The topological polar surface area (TPSA) is 99.9 Å². The molecule has 1 aromatic rings. The lowest BCUT2D eigenvalue weighted by atomic mass is 10.3. The van der Waals surface area contributed by atoms with Crippen molar-refractivity contribution in [2.24, 2.45) is 0 Å². The van der Waals surface area contributed by atoms with Crippen molar-refractivity contribution in [2.45, 2.75) is 12.8 Å². The molecule has 0 unspecified atom stereocenters. The van der Waals surface area contributed by atoms with Crippen molar-refractivity contribution in [3.63, 3.8) is 0 Å². The summed E-state index contributed by atoms with van der Waals surface area (Å²) >= 11 is 0. The molecule has 0 saturated heterocycles. The number of methoxy groups -OCH3 is 1. The highest BCUT2D eigenvalue weighted by molar-refractivity contribution is 5.28. The van der Waals surface area contributed by atoms with Gasteiger partial charge in [0.1, 0.15) is 0 Å². The number of aromatic amines is 2. The zero-order valence-electron chi connectivity index (χ0n) is 8.50. The van der Waals surface area contributed by atoms with Gasteiger partial charge in [-0.25, -0.2) is 9.89 Å². The predicted octanol–water partition coefficient (Wildman–Crippen LogP) is -0.703. The average Bonchev–Trinajstić information content (AvgIpc) is 2.20. The van der Waals surface area contributed by atoms with Gasteiger partial charge in [-0.3, -0.25) is 9.78 Å². The highest BCUT2D eigenvalue weighted by Crippen LogP contribution is 1.91. The number of hydrogen-bond acceptors (Lipinski definition) is 5. The third-order valence-electron chi connectivity index (χ3n) is 1.78. The van der Waals surface area contributed by atoms with Crippen LogP contribution in [0.1, 0.15) is 12.8 Å². The van der Waals surface area contributed by atoms with Gasteiger partial charge in [0.2, 0.25) is 5.82 Å². The molecular weight excluding hydrogens is 200 g/mol. The standard InChI is InChI=1S/C8H14N4O3/c1-15-5-3-2-4-9-6-7(13)10-8(14)12-11-6/h2-5H2,1H3,(H,9,11)(H2,10,12,13,14). The van der Waals surface area contributed by atoms with Gasteiger partial charge < -0.3 is 10.1 Å². The lowest BCUT2D eigenvalue weighted by Crippen LogP contribution is -2.27. The first-order chi connectivity index (χ1) is 7.24. The molecule has 0 saturated carbocycles. The van der Waals surface area contributed by atoms with Crippen molar-refractivity contribution in [1.82, 2.24) is 15.2 Å². The smallest absolute Gasteiger partial charge is 0.342 e. The summed E-state index contributed by atoms with van der Waals surface area (Å²) in [7, 11) is 1.64. The summed E-state index contributed by atoms with van der Waals surface area (Å²) in [6.07, 6.45) is 1.78.